The molecule has 7 amide bonds. The lowest BCUT2D eigenvalue weighted by atomic mass is 9.72. The van der Waals surface area contributed by atoms with Crippen LogP contribution in [0.4, 0.5) is 0 Å². The lowest BCUT2D eigenvalue weighted by molar-refractivity contribution is -0.247. The number of carbonyl (C=O) groups is 11. The van der Waals surface area contributed by atoms with E-state index in [1.807, 2.05) is 42.5 Å². The first-order valence-electron chi connectivity index (χ1n) is 39.1. The van der Waals surface area contributed by atoms with Gasteiger partial charge >= 0.3 is 5.97 Å². The monoisotopic (exact) mass is 1670 g/mol. The van der Waals surface area contributed by atoms with Crippen LogP contribution in [0.1, 0.15) is 138 Å². The number of nitrogens with two attached hydrogens (primary N) is 2. The Kier molecular flexibility index (Phi) is 30.3. The number of amides is 7. The van der Waals surface area contributed by atoms with Crippen molar-refractivity contribution in [3.8, 4) is 17.2 Å². The van der Waals surface area contributed by atoms with Crippen LogP contribution in [0.15, 0.2) is 109 Å². The van der Waals surface area contributed by atoms with Crippen LogP contribution in [0, 0.1) is 0 Å². The van der Waals surface area contributed by atoms with Gasteiger partial charge in [0.2, 0.25) is 52.9 Å². The average Bonchev–Trinajstić information content (AvgIpc) is 1.62. The van der Waals surface area contributed by atoms with Crippen LogP contribution in [0.2, 0.25) is 0 Å². The highest BCUT2D eigenvalue weighted by Crippen LogP contribution is 2.53. The van der Waals surface area contributed by atoms with Crippen molar-refractivity contribution in [1.82, 2.24) is 47.5 Å². The number of aromatic nitrogens is 1. The topological polar surface area (TPSA) is 543 Å². The van der Waals surface area contributed by atoms with E-state index in [4.69, 9.17) is 35.2 Å². The summed E-state index contributed by atoms with van der Waals surface area (Å²) in [5.41, 5.74) is 10.1. The van der Waals surface area contributed by atoms with Gasteiger partial charge < -0.3 is 113 Å². The second-order valence-electron chi connectivity index (χ2n) is 30.2. The number of nitrogens with one attached hydrogen (secondary N) is 9. The number of phenols is 2. The first-order valence-corrected chi connectivity index (χ1v) is 41.6. The molecule has 3 aliphatic heterocycles. The molecule has 3 saturated heterocycles. The molecule has 1 aromatic heterocycles. The normalized spacial score (nSPS) is 26.1. The number of ketones is 3. The lowest BCUT2D eigenvalue weighted by Gasteiger charge is -2.42. The second-order valence-corrected chi connectivity index (χ2v) is 32.8. The van der Waals surface area contributed by atoms with E-state index in [9.17, 15) is 78.9 Å². The third-order valence-corrected chi connectivity index (χ3v) is 24.1. The van der Waals surface area contributed by atoms with Gasteiger partial charge in [0.25, 0.3) is 0 Å². The number of ether oxygens (including phenoxy) is 5. The summed E-state index contributed by atoms with van der Waals surface area (Å²) >= 11 is 0. The van der Waals surface area contributed by atoms with Crippen molar-refractivity contribution in [3.63, 3.8) is 0 Å². The lowest BCUT2D eigenvalue weighted by Crippen LogP contribution is -2.61. The molecular formula is C82H101N11O23S2. The quantitative estimate of drug-likeness (QED) is 0.0103. The molecule has 0 bridgehead atoms. The molecule has 2 unspecified atom stereocenters. The van der Waals surface area contributed by atoms with Gasteiger partial charge in [0.05, 0.1) is 79.1 Å². The number of esters is 1. The fourth-order valence-corrected chi connectivity index (χ4v) is 17.3. The number of aromatic amines is 1. The van der Waals surface area contributed by atoms with Crippen LogP contribution in [0.3, 0.4) is 0 Å². The van der Waals surface area contributed by atoms with Gasteiger partial charge in [0.15, 0.2) is 18.7 Å². The summed E-state index contributed by atoms with van der Waals surface area (Å²) in [6.07, 6.45) is -9.72. The second kappa shape index (κ2) is 40.2. The fourth-order valence-electron chi connectivity index (χ4n) is 15.0. The van der Waals surface area contributed by atoms with Crippen LogP contribution < -0.4 is 58.7 Å². The minimum atomic E-state index is -2.58. The first kappa shape index (κ1) is 88.9. The van der Waals surface area contributed by atoms with E-state index in [1.54, 1.807) is 48.7 Å². The molecule has 0 radical (unpaired) electrons. The number of phenolic OH excluding ortho intramolecular Hbond substituents is 2. The van der Waals surface area contributed by atoms with Crippen LogP contribution in [0.25, 0.3) is 10.9 Å². The number of hydrogen-bond acceptors (Lipinski definition) is 28. The maximum atomic E-state index is 15.4. The zero-order valence-corrected chi connectivity index (χ0v) is 67.0. The van der Waals surface area contributed by atoms with Gasteiger partial charge in [0, 0.05) is 89.9 Å². The Balaban J connectivity index is 0.822. The summed E-state index contributed by atoms with van der Waals surface area (Å²) in [6.45, 7) is 2.51. The number of para-hydroxylation sites is 1. The Labute approximate surface area is 686 Å². The first-order chi connectivity index (χ1) is 56.5. The van der Waals surface area contributed by atoms with Crippen molar-refractivity contribution < 1.29 is 112 Å². The highest BCUT2D eigenvalue weighted by atomic mass is 33.1. The number of hydrogen-bond donors (Lipinski definition) is 18. The largest absolute Gasteiger partial charge is 0.507 e. The molecule has 4 heterocycles. The number of H-pyrrole nitrogens is 1. The summed E-state index contributed by atoms with van der Waals surface area (Å²) in [5, 5.41) is 102. The molecule has 3 fully saturated rings. The van der Waals surface area contributed by atoms with Crippen molar-refractivity contribution in [1.29, 1.82) is 0 Å². The Hall–Kier alpha value is -9.93. The van der Waals surface area contributed by atoms with E-state index in [1.165, 1.54) is 46.1 Å². The van der Waals surface area contributed by atoms with Gasteiger partial charge in [0.1, 0.15) is 65.4 Å². The van der Waals surface area contributed by atoms with Crippen molar-refractivity contribution >= 4 is 97.2 Å². The molecule has 5 aromatic carbocycles. The van der Waals surface area contributed by atoms with E-state index >= 15 is 9.59 Å². The van der Waals surface area contributed by atoms with Crippen molar-refractivity contribution in [2.45, 2.75) is 207 Å². The van der Waals surface area contributed by atoms with Gasteiger partial charge in [-0.3, -0.25) is 58.1 Å². The summed E-state index contributed by atoms with van der Waals surface area (Å²) in [7, 11) is 3.20. The van der Waals surface area contributed by atoms with Crippen molar-refractivity contribution in [3.05, 3.63) is 159 Å². The van der Waals surface area contributed by atoms with Gasteiger partial charge in [-0.25, -0.2) is 0 Å². The molecule has 11 rings (SSSR count). The van der Waals surface area contributed by atoms with Crippen LogP contribution in [0.5, 0.6) is 17.2 Å². The number of Topliss-reactive ketones (excluding diaryl/α,β-unsaturated/α-hetero) is 1. The van der Waals surface area contributed by atoms with E-state index in [-0.39, 0.29) is 84.6 Å². The Bertz CT molecular complexity index is 4640. The van der Waals surface area contributed by atoms with Crippen LogP contribution in [-0.2, 0) is 87.8 Å². The highest BCUT2D eigenvalue weighted by Gasteiger charge is 2.52. The number of rotatable bonds is 28. The molecule has 2 aliphatic carbocycles. The van der Waals surface area contributed by atoms with Crippen molar-refractivity contribution in [2.75, 3.05) is 38.4 Å². The van der Waals surface area contributed by atoms with E-state index < -0.39 is 235 Å². The molecule has 6 aromatic rings. The minimum absolute atomic E-state index is 0.00148. The number of aromatic hydroxyl groups is 2. The standard InChI is InChI=1S/C82H101N11O23S2/c1-40(95)55(36-94)89-79(109)57-39-118-117-38-56(78(108)88-52(29-43-17-7-5-8-18-43)74-81(116-74)92-54(31-45-35-85-50-23-12-11-21-46(45)50)77(107)87-51(24-13-14-28-83)75(105)93-68(41(2)96)80(110)91-57)90-76(106)53(30-44-19-9-6-10-20-44)86-61(98)26-16-27-62(99)113-37-60(97)82(111)33-48-65(59(34-82)115-63-32-49(84)69(100)42(3)114-63)73(104)67-66(71(48)102)70(101)47-22-15-25-58(112-4)64(47)72(67)103/h5-12,15,17-23,25,35,40-42,49,51-57,59,63,68-69,74,81,85,92,94-96,100,102,104,111H,13-14,16,24,26-34,36-39,83-84H2,1-4H3,(H,86,98)(H,87,107)(H,88,108)(H,89,109)(H,90,106)(H,91,110)(H,93,105)/t40-,41-,42+,49+,51+,52+,53-,54-,55-,56+,57+,59+,63+,68+,69-,74?,81?,82+/m1/s1. The number of epoxide rings is 1. The molecular weight excluding hydrogens is 1570 g/mol. The third-order valence-electron chi connectivity index (χ3n) is 21.6. The molecule has 118 heavy (non-hydrogen) atoms. The summed E-state index contributed by atoms with van der Waals surface area (Å²) in [5.74, 6) is -12.0. The van der Waals surface area contributed by atoms with Crippen LogP contribution >= 0.6 is 21.6 Å². The average molecular weight is 1670 g/mol. The highest BCUT2D eigenvalue weighted by molar-refractivity contribution is 8.76. The molecule has 36 heteroatoms. The molecule has 634 valence electrons. The molecule has 0 saturated carbocycles. The number of unbranched alkanes of at least 4 members (excludes halogenated alkanes) is 1. The SMILES string of the molecule is COc1cccc2c1C(=O)c1c(O)c3c(c(O)c1C2=O)C[C@@](O)(C(=O)COC(=O)CCCC(=O)N[C@H](Cc1ccccc1)C(=O)N[C@H]1CSSC[C@@H](C(=O)N[C@H](CO)[C@@H](C)O)NC(=O)[C@H]([C@@H](C)O)NC(=O)[C@H](CCCCN)NC(=O)[C@@H](Cc2c[nH]c4ccccc24)NC2OC2[C@H](Cc2ccccc2)NC1=O)C[C@@H]3O[C@H]1C[C@H](N)[C@H](O)[C@H](C)O1. The number of benzene rings is 5. The zero-order chi connectivity index (χ0) is 84.8. The van der Waals surface area contributed by atoms with E-state index in [0.717, 1.165) is 38.1 Å². The van der Waals surface area contributed by atoms with E-state index in [0.29, 0.717) is 24.0 Å². The van der Waals surface area contributed by atoms with Gasteiger partial charge in [-0.1, -0.05) is 113 Å². The van der Waals surface area contributed by atoms with Crippen molar-refractivity contribution in [2.24, 2.45) is 11.5 Å². The summed E-state index contributed by atoms with van der Waals surface area (Å²) < 4.78 is 29.3. The number of aliphatic hydroxyl groups excluding tert-OH is 4. The maximum absolute atomic E-state index is 15.4. The summed E-state index contributed by atoms with van der Waals surface area (Å²) in [4.78, 5) is 163. The molecule has 20 N–H and O–H groups in total. The van der Waals surface area contributed by atoms with Gasteiger partial charge in [-0.2, -0.15) is 0 Å². The molecule has 18 atom stereocenters. The molecule has 5 aliphatic rings. The predicted octanol–water partition coefficient (Wildman–Crippen LogP) is 0.286. The van der Waals surface area contributed by atoms with Gasteiger partial charge in [-0.05, 0) is 94.7 Å². The van der Waals surface area contributed by atoms with E-state index in [2.05, 4.69) is 47.5 Å². The number of carbonyl (C=O) groups excluding carboxylic acids is 11. The predicted molar refractivity (Wildman–Crippen MR) is 429 cm³/mol. The Morgan fingerprint density at radius 1 is 0.746 bits per heavy atom. The summed E-state index contributed by atoms with van der Waals surface area (Å²) in [6, 6.07) is 17.6. The minimum Gasteiger partial charge on any atom is -0.507 e. The molecule has 0 spiro atoms. The Morgan fingerprint density at radius 3 is 2.14 bits per heavy atom. The van der Waals surface area contributed by atoms with Gasteiger partial charge in [-0.15, -0.1) is 0 Å². The number of methoxy groups -OCH3 is 1. The number of aliphatic hydroxyl groups is 5. The fraction of sp³-hybridized carbons (Fsp3) is 0.476. The van der Waals surface area contributed by atoms with Crippen LogP contribution in [-0.4, -0.2) is 247 Å². The zero-order valence-electron chi connectivity index (χ0n) is 65.4. The smallest absolute Gasteiger partial charge is 0.306 e. The maximum Gasteiger partial charge on any atom is 0.306 e. The third kappa shape index (κ3) is 21.6. The molecule has 34 nitrogen and oxygen atoms in total. The number of fused-ring (bicyclic) bond motifs is 5. The Morgan fingerprint density at radius 2 is 1.44 bits per heavy atom.